The molecule has 0 aliphatic heterocycles. The van der Waals surface area contributed by atoms with Gasteiger partial charge < -0.3 is 9.84 Å². The quantitative estimate of drug-likeness (QED) is 0.908. The molecule has 5 nitrogen and oxygen atoms in total. The van der Waals surface area contributed by atoms with Gasteiger partial charge in [-0.3, -0.25) is 4.72 Å². The van der Waals surface area contributed by atoms with Gasteiger partial charge in [-0.05, 0) is 36.4 Å². The molecule has 0 aromatic heterocycles. The molecule has 0 unspecified atom stereocenters. The van der Waals surface area contributed by atoms with Crippen LogP contribution in [0.25, 0.3) is 0 Å². The monoisotopic (exact) mass is 297 g/mol. The number of sulfonamides is 1. The number of anilines is 1. The molecule has 106 valence electrons. The lowest BCUT2D eigenvalue weighted by molar-refractivity contribution is 0.414. The molecule has 0 atom stereocenters. The Morgan fingerprint density at radius 3 is 2.40 bits per heavy atom. The van der Waals surface area contributed by atoms with Gasteiger partial charge in [0.25, 0.3) is 10.0 Å². The Hall–Kier alpha value is -2.28. The summed E-state index contributed by atoms with van der Waals surface area (Å²) in [6, 6.07) is 8.63. The van der Waals surface area contributed by atoms with Crippen LogP contribution < -0.4 is 9.46 Å². The zero-order chi connectivity index (χ0) is 14.8. The Morgan fingerprint density at radius 1 is 1.15 bits per heavy atom. The number of halogens is 1. The van der Waals surface area contributed by atoms with Crippen LogP contribution in [0.4, 0.5) is 10.1 Å². The number of phenolic OH excluding ortho intramolecular Hbond substituents is 1. The Labute approximate surface area is 115 Å². The fraction of sp³-hybridized carbons (Fsp3) is 0.0769. The first kappa shape index (κ1) is 14.1. The first-order valence-electron chi connectivity index (χ1n) is 5.58. The summed E-state index contributed by atoms with van der Waals surface area (Å²) in [4.78, 5) is -0.0856. The highest BCUT2D eigenvalue weighted by atomic mass is 32.2. The first-order chi connectivity index (χ1) is 9.42. The third-order valence-electron chi connectivity index (χ3n) is 2.56. The highest BCUT2D eigenvalue weighted by Crippen LogP contribution is 2.24. The van der Waals surface area contributed by atoms with Gasteiger partial charge in [-0.25, -0.2) is 12.8 Å². The summed E-state index contributed by atoms with van der Waals surface area (Å²) in [6.07, 6.45) is 0. The zero-order valence-corrected chi connectivity index (χ0v) is 11.3. The molecule has 2 rings (SSSR count). The lowest BCUT2D eigenvalue weighted by Crippen LogP contribution is -2.13. The molecule has 0 heterocycles. The van der Waals surface area contributed by atoms with Crippen molar-refractivity contribution in [3.63, 3.8) is 0 Å². The van der Waals surface area contributed by atoms with Gasteiger partial charge in [-0.2, -0.15) is 0 Å². The number of benzene rings is 2. The van der Waals surface area contributed by atoms with E-state index < -0.39 is 15.8 Å². The second kappa shape index (κ2) is 5.38. The number of phenols is 1. The maximum Gasteiger partial charge on any atom is 0.261 e. The maximum atomic E-state index is 13.6. The first-order valence-corrected chi connectivity index (χ1v) is 7.06. The van der Waals surface area contributed by atoms with Crippen LogP contribution in [-0.2, 0) is 10.0 Å². The minimum atomic E-state index is -3.93. The van der Waals surface area contributed by atoms with Crippen LogP contribution in [0.15, 0.2) is 47.4 Å². The van der Waals surface area contributed by atoms with Crippen LogP contribution in [0.5, 0.6) is 11.5 Å². The van der Waals surface area contributed by atoms with E-state index in [2.05, 4.69) is 4.72 Å². The second-order valence-electron chi connectivity index (χ2n) is 3.95. The summed E-state index contributed by atoms with van der Waals surface area (Å²) in [5.74, 6) is -0.445. The van der Waals surface area contributed by atoms with Gasteiger partial charge in [0.05, 0.1) is 17.7 Å². The van der Waals surface area contributed by atoms with E-state index in [1.807, 2.05) is 0 Å². The standard InChI is InChI=1S/C13H12FNO4S/c1-19-10-4-7-12(14)13(8-10)15-20(17,18)11-5-2-9(16)3-6-11/h2-8,15-16H,1H3. The number of ether oxygens (including phenoxy) is 1. The van der Waals surface area contributed by atoms with E-state index in [1.54, 1.807) is 0 Å². The summed E-state index contributed by atoms with van der Waals surface area (Å²) in [5.41, 5.74) is -0.211. The summed E-state index contributed by atoms with van der Waals surface area (Å²) < 4.78 is 44.8. The van der Waals surface area contributed by atoms with Crippen LogP contribution in [0.1, 0.15) is 0 Å². The highest BCUT2D eigenvalue weighted by Gasteiger charge is 2.16. The minimum Gasteiger partial charge on any atom is -0.508 e. The molecule has 7 heteroatoms. The van der Waals surface area contributed by atoms with Crippen molar-refractivity contribution >= 4 is 15.7 Å². The van der Waals surface area contributed by atoms with Gasteiger partial charge in [0.1, 0.15) is 17.3 Å². The van der Waals surface area contributed by atoms with Crippen LogP contribution in [-0.4, -0.2) is 20.6 Å². The number of methoxy groups -OCH3 is 1. The van der Waals surface area contributed by atoms with E-state index in [9.17, 15) is 12.8 Å². The molecule has 20 heavy (non-hydrogen) atoms. The van der Waals surface area contributed by atoms with Gasteiger partial charge in [-0.1, -0.05) is 0 Å². The summed E-state index contributed by atoms with van der Waals surface area (Å²) in [5, 5.41) is 9.13. The van der Waals surface area contributed by atoms with Crippen molar-refractivity contribution in [1.82, 2.24) is 0 Å². The van der Waals surface area contributed by atoms with Gasteiger partial charge in [-0.15, -0.1) is 0 Å². The molecule has 2 N–H and O–H groups in total. The molecular weight excluding hydrogens is 285 g/mol. The number of hydrogen-bond donors (Lipinski definition) is 2. The van der Waals surface area contributed by atoms with Crippen molar-refractivity contribution < 1.29 is 22.7 Å². The summed E-state index contributed by atoms with van der Waals surface area (Å²) in [6.45, 7) is 0. The number of hydrogen-bond acceptors (Lipinski definition) is 4. The van der Waals surface area contributed by atoms with Gasteiger partial charge in [0.15, 0.2) is 0 Å². The van der Waals surface area contributed by atoms with Crippen molar-refractivity contribution in [2.24, 2.45) is 0 Å². The molecule has 0 bridgehead atoms. The third-order valence-corrected chi connectivity index (χ3v) is 3.95. The van der Waals surface area contributed by atoms with Gasteiger partial charge in [0, 0.05) is 6.07 Å². The molecular formula is C13H12FNO4S. The molecule has 0 radical (unpaired) electrons. The Balaban J connectivity index is 2.35. The van der Waals surface area contributed by atoms with Gasteiger partial charge >= 0.3 is 0 Å². The fourth-order valence-electron chi connectivity index (χ4n) is 1.54. The van der Waals surface area contributed by atoms with E-state index in [0.29, 0.717) is 5.75 Å². The highest BCUT2D eigenvalue weighted by molar-refractivity contribution is 7.92. The molecule has 2 aromatic carbocycles. The lowest BCUT2D eigenvalue weighted by Gasteiger charge is -2.10. The zero-order valence-electron chi connectivity index (χ0n) is 10.5. The molecule has 0 fully saturated rings. The number of aromatic hydroxyl groups is 1. The van der Waals surface area contributed by atoms with Crippen LogP contribution in [0.3, 0.4) is 0 Å². The van der Waals surface area contributed by atoms with Crippen molar-refractivity contribution in [3.05, 3.63) is 48.3 Å². The molecule has 0 aliphatic rings. The van der Waals surface area contributed by atoms with Crippen LogP contribution in [0, 0.1) is 5.82 Å². The van der Waals surface area contributed by atoms with E-state index in [0.717, 1.165) is 6.07 Å². The van der Waals surface area contributed by atoms with E-state index in [1.165, 1.54) is 43.5 Å². The number of nitrogens with one attached hydrogen (secondary N) is 1. The topological polar surface area (TPSA) is 75.6 Å². The van der Waals surface area contributed by atoms with Crippen molar-refractivity contribution in [2.75, 3.05) is 11.8 Å². The molecule has 0 aliphatic carbocycles. The lowest BCUT2D eigenvalue weighted by atomic mass is 10.3. The largest absolute Gasteiger partial charge is 0.508 e. The van der Waals surface area contributed by atoms with Crippen LogP contribution in [0.2, 0.25) is 0 Å². The van der Waals surface area contributed by atoms with E-state index >= 15 is 0 Å². The molecule has 0 saturated carbocycles. The molecule has 2 aromatic rings. The maximum absolute atomic E-state index is 13.6. The average Bonchev–Trinajstić information content (AvgIpc) is 2.41. The molecule has 0 saturated heterocycles. The Kier molecular flexibility index (Phi) is 3.80. The second-order valence-corrected chi connectivity index (χ2v) is 5.63. The fourth-order valence-corrected chi connectivity index (χ4v) is 2.60. The minimum absolute atomic E-state index is 0.0588. The smallest absolute Gasteiger partial charge is 0.261 e. The molecule has 0 spiro atoms. The van der Waals surface area contributed by atoms with E-state index in [4.69, 9.17) is 9.84 Å². The molecule has 0 amide bonds. The van der Waals surface area contributed by atoms with Crippen LogP contribution >= 0.6 is 0 Å². The number of rotatable bonds is 4. The average molecular weight is 297 g/mol. The normalized spacial score (nSPS) is 11.1. The van der Waals surface area contributed by atoms with Crippen molar-refractivity contribution in [1.29, 1.82) is 0 Å². The Morgan fingerprint density at radius 2 is 1.80 bits per heavy atom. The summed E-state index contributed by atoms with van der Waals surface area (Å²) in [7, 11) is -2.54. The predicted octanol–water partition coefficient (Wildman–Crippen LogP) is 2.34. The SMILES string of the molecule is COc1ccc(F)c(NS(=O)(=O)c2ccc(O)cc2)c1. The van der Waals surface area contributed by atoms with Crippen molar-refractivity contribution in [2.45, 2.75) is 4.90 Å². The third kappa shape index (κ3) is 3.00. The predicted molar refractivity (Wildman–Crippen MR) is 71.9 cm³/mol. The van der Waals surface area contributed by atoms with E-state index in [-0.39, 0.29) is 16.3 Å². The van der Waals surface area contributed by atoms with Crippen molar-refractivity contribution in [3.8, 4) is 11.5 Å². The Bertz CT molecular complexity index is 714. The van der Waals surface area contributed by atoms with Gasteiger partial charge in [0.2, 0.25) is 0 Å². The summed E-state index contributed by atoms with van der Waals surface area (Å²) >= 11 is 0.